The van der Waals surface area contributed by atoms with Gasteiger partial charge < -0.3 is 15.2 Å². The Bertz CT molecular complexity index is 446. The van der Waals surface area contributed by atoms with Crippen molar-refractivity contribution in [1.29, 1.82) is 0 Å². The minimum atomic E-state index is -0.381. The van der Waals surface area contributed by atoms with Gasteiger partial charge in [0.15, 0.2) is 0 Å². The Morgan fingerprint density at radius 2 is 2.28 bits per heavy atom. The van der Waals surface area contributed by atoms with Gasteiger partial charge in [0, 0.05) is 11.6 Å². The molecule has 0 bridgehead atoms. The Morgan fingerprint density at radius 1 is 1.56 bits per heavy atom. The van der Waals surface area contributed by atoms with E-state index in [4.69, 9.17) is 16.3 Å². The van der Waals surface area contributed by atoms with Gasteiger partial charge in [0.05, 0.1) is 18.8 Å². The summed E-state index contributed by atoms with van der Waals surface area (Å²) in [5.74, 6) is -0.478. The van der Waals surface area contributed by atoms with Crippen LogP contribution in [0.3, 0.4) is 0 Å². The van der Waals surface area contributed by atoms with Gasteiger partial charge in [-0.1, -0.05) is 23.8 Å². The van der Waals surface area contributed by atoms with E-state index < -0.39 is 0 Å². The summed E-state index contributed by atoms with van der Waals surface area (Å²) in [5, 5.41) is 12.5. The monoisotopic (exact) mass is 269 g/mol. The number of aromatic hydroxyl groups is 1. The first-order chi connectivity index (χ1) is 8.50. The van der Waals surface area contributed by atoms with Gasteiger partial charge in [0.2, 0.25) is 0 Å². The van der Waals surface area contributed by atoms with E-state index in [0.717, 1.165) is 5.57 Å². The average molecular weight is 270 g/mol. The van der Waals surface area contributed by atoms with Crippen molar-refractivity contribution in [1.82, 2.24) is 5.32 Å². The number of hydrogen-bond donors (Lipinski definition) is 2. The molecule has 1 rings (SSSR count). The molecule has 0 aliphatic rings. The molecule has 0 saturated carbocycles. The summed E-state index contributed by atoms with van der Waals surface area (Å²) in [5.41, 5.74) is 1.08. The maximum Gasteiger partial charge on any atom is 0.255 e. The van der Waals surface area contributed by atoms with Crippen molar-refractivity contribution in [3.63, 3.8) is 0 Å². The van der Waals surface area contributed by atoms with Crippen molar-refractivity contribution in [3.05, 3.63) is 40.9 Å². The van der Waals surface area contributed by atoms with Crippen LogP contribution in [-0.4, -0.2) is 30.8 Å². The number of ether oxygens (including phenoxy) is 1. The largest absolute Gasteiger partial charge is 0.507 e. The standard InChI is InChI=1S/C13H16ClNO3/c1-9(2)8-18-6-5-15-13(17)11-7-10(14)3-4-12(11)16/h3-4,7,16H,1,5-6,8H2,2H3,(H,15,17). The number of nitrogens with one attached hydrogen (secondary N) is 1. The number of carbonyl (C=O) groups is 1. The van der Waals surface area contributed by atoms with Crippen LogP contribution in [0.25, 0.3) is 0 Å². The highest BCUT2D eigenvalue weighted by atomic mass is 35.5. The quantitative estimate of drug-likeness (QED) is 0.616. The third-order valence-electron chi connectivity index (χ3n) is 2.08. The molecule has 0 aliphatic carbocycles. The molecule has 1 aromatic carbocycles. The van der Waals surface area contributed by atoms with Crippen LogP contribution in [0.5, 0.6) is 5.75 Å². The summed E-state index contributed by atoms with van der Waals surface area (Å²) >= 11 is 5.75. The topological polar surface area (TPSA) is 58.6 Å². The zero-order valence-corrected chi connectivity index (χ0v) is 11.0. The van der Waals surface area contributed by atoms with Gasteiger partial charge in [-0.25, -0.2) is 0 Å². The number of hydrogen-bond acceptors (Lipinski definition) is 3. The molecule has 5 heteroatoms. The molecule has 1 amide bonds. The SMILES string of the molecule is C=C(C)COCCNC(=O)c1cc(Cl)ccc1O. The zero-order valence-electron chi connectivity index (χ0n) is 10.2. The second-order valence-electron chi connectivity index (χ2n) is 3.93. The van der Waals surface area contributed by atoms with Gasteiger partial charge in [0.25, 0.3) is 5.91 Å². The maximum absolute atomic E-state index is 11.7. The first kappa shape index (κ1) is 14.5. The van der Waals surface area contributed by atoms with Crippen LogP contribution in [0.1, 0.15) is 17.3 Å². The van der Waals surface area contributed by atoms with Gasteiger partial charge in [-0.2, -0.15) is 0 Å². The normalized spacial score (nSPS) is 10.1. The third-order valence-corrected chi connectivity index (χ3v) is 2.32. The predicted octanol–water partition coefficient (Wildman–Crippen LogP) is 2.37. The lowest BCUT2D eigenvalue weighted by Gasteiger charge is -2.08. The van der Waals surface area contributed by atoms with Crippen molar-refractivity contribution in [2.75, 3.05) is 19.8 Å². The van der Waals surface area contributed by atoms with Gasteiger partial charge >= 0.3 is 0 Å². The first-order valence-corrected chi connectivity index (χ1v) is 5.87. The van der Waals surface area contributed by atoms with E-state index in [9.17, 15) is 9.90 Å². The Morgan fingerprint density at radius 3 is 2.94 bits per heavy atom. The van der Waals surface area contributed by atoms with Gasteiger partial charge in [-0.15, -0.1) is 0 Å². The van der Waals surface area contributed by atoms with Crippen LogP contribution in [0.2, 0.25) is 5.02 Å². The van der Waals surface area contributed by atoms with E-state index in [2.05, 4.69) is 11.9 Å². The van der Waals surface area contributed by atoms with Crippen molar-refractivity contribution < 1.29 is 14.6 Å². The highest BCUT2D eigenvalue weighted by Crippen LogP contribution is 2.21. The molecule has 0 radical (unpaired) electrons. The highest BCUT2D eigenvalue weighted by Gasteiger charge is 2.10. The minimum absolute atomic E-state index is 0.0974. The molecular weight excluding hydrogens is 254 g/mol. The number of benzene rings is 1. The number of phenols is 1. The molecule has 0 aromatic heterocycles. The van der Waals surface area contributed by atoms with E-state index >= 15 is 0 Å². The molecule has 18 heavy (non-hydrogen) atoms. The molecule has 0 spiro atoms. The Hall–Kier alpha value is -1.52. The fourth-order valence-corrected chi connectivity index (χ4v) is 1.44. The van der Waals surface area contributed by atoms with E-state index in [0.29, 0.717) is 24.8 Å². The fourth-order valence-electron chi connectivity index (χ4n) is 1.27. The van der Waals surface area contributed by atoms with Crippen LogP contribution in [0.15, 0.2) is 30.4 Å². The van der Waals surface area contributed by atoms with Gasteiger partial charge in [0.1, 0.15) is 5.75 Å². The van der Waals surface area contributed by atoms with Crippen LogP contribution in [0.4, 0.5) is 0 Å². The molecule has 2 N–H and O–H groups in total. The Kier molecular flexibility index (Phi) is 5.68. The van der Waals surface area contributed by atoms with Crippen LogP contribution >= 0.6 is 11.6 Å². The number of halogens is 1. The predicted molar refractivity (Wildman–Crippen MR) is 71.1 cm³/mol. The summed E-state index contributed by atoms with van der Waals surface area (Å²) in [6, 6.07) is 4.32. The number of amides is 1. The molecule has 0 unspecified atom stereocenters. The van der Waals surface area contributed by atoms with E-state index in [1.807, 2.05) is 6.92 Å². The van der Waals surface area contributed by atoms with E-state index in [-0.39, 0.29) is 17.2 Å². The molecular formula is C13H16ClNO3. The van der Waals surface area contributed by atoms with E-state index in [1.54, 1.807) is 0 Å². The Labute approximate surface area is 111 Å². The van der Waals surface area contributed by atoms with Gasteiger partial charge in [-0.05, 0) is 25.1 Å². The van der Waals surface area contributed by atoms with Crippen LogP contribution < -0.4 is 5.32 Å². The molecule has 0 atom stereocenters. The number of carbonyl (C=O) groups excluding carboxylic acids is 1. The Balaban J connectivity index is 2.41. The van der Waals surface area contributed by atoms with Crippen molar-refractivity contribution >= 4 is 17.5 Å². The molecule has 0 fully saturated rings. The van der Waals surface area contributed by atoms with E-state index in [1.165, 1.54) is 18.2 Å². The summed E-state index contributed by atoms with van der Waals surface area (Å²) in [7, 11) is 0. The molecule has 4 nitrogen and oxygen atoms in total. The summed E-state index contributed by atoms with van der Waals surface area (Å²) < 4.78 is 5.23. The smallest absolute Gasteiger partial charge is 0.255 e. The molecule has 0 heterocycles. The highest BCUT2D eigenvalue weighted by molar-refractivity contribution is 6.31. The molecule has 0 aliphatic heterocycles. The molecule has 0 saturated heterocycles. The summed E-state index contributed by atoms with van der Waals surface area (Å²) in [6.45, 7) is 6.78. The second-order valence-corrected chi connectivity index (χ2v) is 4.36. The van der Waals surface area contributed by atoms with Crippen LogP contribution in [-0.2, 0) is 4.74 Å². The van der Waals surface area contributed by atoms with Crippen molar-refractivity contribution in [2.24, 2.45) is 0 Å². The lowest BCUT2D eigenvalue weighted by atomic mass is 10.2. The van der Waals surface area contributed by atoms with Crippen molar-refractivity contribution in [3.8, 4) is 5.75 Å². The second kappa shape index (κ2) is 7.03. The average Bonchev–Trinajstić information content (AvgIpc) is 2.31. The molecule has 1 aromatic rings. The summed E-state index contributed by atoms with van der Waals surface area (Å²) in [6.07, 6.45) is 0. The zero-order chi connectivity index (χ0) is 13.5. The molecule has 98 valence electrons. The number of rotatable bonds is 6. The maximum atomic E-state index is 11.7. The fraction of sp³-hybridized carbons (Fsp3) is 0.308. The lowest BCUT2D eigenvalue weighted by molar-refractivity contribution is 0.0924. The first-order valence-electron chi connectivity index (χ1n) is 5.49. The number of phenolic OH excluding ortho intramolecular Hbond substituents is 1. The minimum Gasteiger partial charge on any atom is -0.507 e. The third kappa shape index (κ3) is 4.77. The lowest BCUT2D eigenvalue weighted by Crippen LogP contribution is -2.27. The summed E-state index contributed by atoms with van der Waals surface area (Å²) in [4.78, 5) is 11.7. The van der Waals surface area contributed by atoms with Crippen molar-refractivity contribution in [2.45, 2.75) is 6.92 Å². The van der Waals surface area contributed by atoms with Gasteiger partial charge in [-0.3, -0.25) is 4.79 Å². The van der Waals surface area contributed by atoms with Crippen LogP contribution in [0, 0.1) is 0 Å².